The van der Waals surface area contributed by atoms with Crippen molar-refractivity contribution in [3.63, 3.8) is 0 Å². The van der Waals surface area contributed by atoms with Crippen LogP contribution in [0, 0.1) is 17.2 Å². The van der Waals surface area contributed by atoms with Crippen molar-refractivity contribution in [2.24, 2.45) is 5.92 Å². The number of pyridine rings is 2. The van der Waals surface area contributed by atoms with Gasteiger partial charge in [0.25, 0.3) is 0 Å². The molecule has 4 heterocycles. The van der Waals surface area contributed by atoms with E-state index in [1.807, 2.05) is 17.1 Å². The van der Waals surface area contributed by atoms with Crippen LogP contribution in [0.25, 0.3) is 28.1 Å². The summed E-state index contributed by atoms with van der Waals surface area (Å²) in [5, 5.41) is 23.1. The molecule has 0 saturated heterocycles. The van der Waals surface area contributed by atoms with Gasteiger partial charge in [0.1, 0.15) is 0 Å². The van der Waals surface area contributed by atoms with Gasteiger partial charge in [-0.2, -0.15) is 0 Å². The summed E-state index contributed by atoms with van der Waals surface area (Å²) in [6, 6.07) is 6.01. The van der Waals surface area contributed by atoms with Gasteiger partial charge in [-0.3, -0.25) is 0 Å². The molecule has 0 bridgehead atoms. The molecule has 0 aromatic carbocycles. The summed E-state index contributed by atoms with van der Waals surface area (Å²) in [5.74, 6) is 1.48. The molecule has 0 atom stereocenters. The van der Waals surface area contributed by atoms with Crippen LogP contribution >= 0.6 is 0 Å². The van der Waals surface area contributed by atoms with Gasteiger partial charge in [-0.25, -0.2) is 0 Å². The molecule has 1 aliphatic carbocycles. The molecule has 4 aromatic rings. The molecule has 1 aliphatic rings. The van der Waals surface area contributed by atoms with Gasteiger partial charge in [-0.15, -0.1) is 0 Å². The Balaban J connectivity index is 1.54. The molecule has 0 unspecified atom stereocenters. The quantitative estimate of drug-likeness (QED) is 0.411. The molecule has 0 N–H and O–H groups in total. The Labute approximate surface area is 180 Å². The van der Waals surface area contributed by atoms with Crippen LogP contribution in [-0.2, 0) is 6.54 Å². The van der Waals surface area contributed by atoms with Gasteiger partial charge >= 0.3 is 181 Å². The zero-order valence-corrected chi connectivity index (χ0v) is 18.6. The zero-order valence-electron chi connectivity index (χ0n) is 16.8. The van der Waals surface area contributed by atoms with Crippen molar-refractivity contribution in [2.45, 2.75) is 37.9 Å². The first-order valence-electron chi connectivity index (χ1n) is 9.96. The summed E-state index contributed by atoms with van der Waals surface area (Å²) in [6.45, 7) is 5.42. The normalized spacial score (nSPS) is 14.2. The van der Waals surface area contributed by atoms with Crippen LogP contribution in [0.2, 0.25) is 4.71 Å². The van der Waals surface area contributed by atoms with E-state index >= 15 is 0 Å². The second kappa shape index (κ2) is 7.66. The van der Waals surface area contributed by atoms with Crippen molar-refractivity contribution in [1.29, 1.82) is 5.26 Å². The van der Waals surface area contributed by atoms with Crippen molar-refractivity contribution in [3.8, 4) is 23.1 Å². The molecule has 4 aromatic heterocycles. The first-order valence-corrected chi connectivity index (χ1v) is 12.0. The van der Waals surface area contributed by atoms with E-state index in [2.05, 4.69) is 51.4 Å². The fourth-order valence-electron chi connectivity index (χ4n) is 3.36. The fourth-order valence-corrected chi connectivity index (χ4v) is 5.58. The van der Waals surface area contributed by atoms with E-state index in [9.17, 15) is 0 Å². The zero-order chi connectivity index (χ0) is 20.7. The van der Waals surface area contributed by atoms with Crippen LogP contribution in [0.1, 0.15) is 32.3 Å². The maximum atomic E-state index is 9.09. The van der Waals surface area contributed by atoms with Gasteiger partial charge in [-0.05, 0) is 0 Å². The van der Waals surface area contributed by atoms with Crippen molar-refractivity contribution in [2.75, 3.05) is 0 Å². The fraction of sp³-hybridized carbons (Fsp3) is 0.333. The topological polar surface area (TPSA) is 98.1 Å². The van der Waals surface area contributed by atoms with Crippen LogP contribution in [0.3, 0.4) is 0 Å². The maximum absolute atomic E-state index is 9.09. The summed E-state index contributed by atoms with van der Waals surface area (Å²) in [4.78, 5) is 9.09. The standard InChI is InChI=1S/C21H20AsN8/c1-13(2)22-18-6-20(30-21-16(9-26-30)5-15(7-23)8-25-21)24-10-17(18)19-12-29(28-27-19)11-14-3-4-14/h5-6,8-10,12-14H,3-4,11H2,1-2H3. The molecule has 1 fully saturated rings. The van der Waals surface area contributed by atoms with Crippen molar-refractivity contribution >= 4 is 31.1 Å². The predicted molar refractivity (Wildman–Crippen MR) is 114 cm³/mol. The third kappa shape index (κ3) is 3.73. The third-order valence-electron chi connectivity index (χ3n) is 4.98. The molecule has 0 aliphatic heterocycles. The average Bonchev–Trinajstić information content (AvgIpc) is 3.26. The first kappa shape index (κ1) is 19.0. The van der Waals surface area contributed by atoms with E-state index < -0.39 is 0 Å². The van der Waals surface area contributed by atoms with Gasteiger partial charge in [0.2, 0.25) is 0 Å². The van der Waals surface area contributed by atoms with Gasteiger partial charge in [0.05, 0.1) is 0 Å². The second-order valence-corrected chi connectivity index (χ2v) is 11.6. The molecule has 30 heavy (non-hydrogen) atoms. The van der Waals surface area contributed by atoms with Crippen LogP contribution < -0.4 is 4.35 Å². The van der Waals surface area contributed by atoms with Crippen molar-refractivity contribution in [3.05, 3.63) is 42.5 Å². The summed E-state index contributed by atoms with van der Waals surface area (Å²) >= 11 is -0.0757. The van der Waals surface area contributed by atoms with Crippen LogP contribution in [0.4, 0.5) is 0 Å². The number of nitriles is 1. The molecular weight excluding hydrogens is 439 g/mol. The average molecular weight is 459 g/mol. The number of hydrogen-bond donors (Lipinski definition) is 0. The van der Waals surface area contributed by atoms with Gasteiger partial charge in [0.15, 0.2) is 0 Å². The van der Waals surface area contributed by atoms with Crippen molar-refractivity contribution < 1.29 is 0 Å². The molecule has 149 valence electrons. The van der Waals surface area contributed by atoms with Gasteiger partial charge < -0.3 is 0 Å². The van der Waals surface area contributed by atoms with E-state index in [4.69, 9.17) is 5.26 Å². The molecule has 8 nitrogen and oxygen atoms in total. The van der Waals surface area contributed by atoms with E-state index in [0.717, 1.165) is 34.9 Å². The van der Waals surface area contributed by atoms with Crippen LogP contribution in [-0.4, -0.2) is 50.5 Å². The third-order valence-corrected chi connectivity index (χ3v) is 7.42. The van der Waals surface area contributed by atoms with Crippen LogP contribution in [0.5, 0.6) is 0 Å². The van der Waals surface area contributed by atoms with Gasteiger partial charge in [0, 0.05) is 0 Å². The Morgan fingerprint density at radius 3 is 2.83 bits per heavy atom. The molecule has 5 rings (SSSR count). The monoisotopic (exact) mass is 459 g/mol. The Bertz CT molecular complexity index is 1260. The molecule has 9 heteroatoms. The summed E-state index contributed by atoms with van der Waals surface area (Å²) < 4.78 is 5.51. The Kier molecular flexibility index (Phi) is 4.84. The minimum absolute atomic E-state index is 0.0757. The first-order chi connectivity index (χ1) is 14.6. The predicted octanol–water partition coefficient (Wildman–Crippen LogP) is 2.51. The van der Waals surface area contributed by atoms with E-state index in [1.165, 1.54) is 17.2 Å². The van der Waals surface area contributed by atoms with E-state index in [1.54, 1.807) is 23.1 Å². The number of rotatable bonds is 6. The number of fused-ring (bicyclic) bond motifs is 1. The molecule has 0 amide bonds. The minimum atomic E-state index is -0.0757. The summed E-state index contributed by atoms with van der Waals surface area (Å²) in [5.41, 5.74) is 3.13. The van der Waals surface area contributed by atoms with Crippen LogP contribution in [0.15, 0.2) is 36.9 Å². The number of hydrogen-bond acceptors (Lipinski definition) is 6. The number of aromatic nitrogens is 7. The Hall–Kier alpha value is -3.04. The molecular formula is C21H20AsN8. The summed E-state index contributed by atoms with van der Waals surface area (Å²) in [6.07, 6.45) is 9.78. The molecule has 0 spiro atoms. The number of nitrogens with zero attached hydrogens (tertiary/aromatic N) is 8. The molecule has 1 saturated carbocycles. The Morgan fingerprint density at radius 2 is 2.07 bits per heavy atom. The SMILES string of the molecule is CC(C)[As]c1cc(-n2ncc3cc(C#N)cnc32)ncc1-c1cn(CC2CC2)nn1. The van der Waals surface area contributed by atoms with E-state index in [0.29, 0.717) is 15.9 Å². The Morgan fingerprint density at radius 1 is 1.20 bits per heavy atom. The summed E-state index contributed by atoms with van der Waals surface area (Å²) in [7, 11) is 0. The van der Waals surface area contributed by atoms with Crippen molar-refractivity contribution in [1.82, 2.24) is 34.7 Å². The van der Waals surface area contributed by atoms with Gasteiger partial charge in [-0.1, -0.05) is 0 Å². The molecule has 1 radical (unpaired) electrons. The van der Waals surface area contributed by atoms with E-state index in [-0.39, 0.29) is 15.8 Å². The second-order valence-electron chi connectivity index (χ2n) is 7.86.